The van der Waals surface area contributed by atoms with Crippen molar-refractivity contribution in [3.8, 4) is 0 Å². The normalized spacial score (nSPS) is 18.7. The quantitative estimate of drug-likeness (QED) is 0.300. The summed E-state index contributed by atoms with van der Waals surface area (Å²) in [5.74, 6) is 0.171. The van der Waals surface area contributed by atoms with Gasteiger partial charge < -0.3 is 20.5 Å². The second-order valence-electron chi connectivity index (χ2n) is 10.9. The van der Waals surface area contributed by atoms with Crippen LogP contribution in [0.2, 0.25) is 0 Å². The highest BCUT2D eigenvalue weighted by atomic mass is 19.1. The molecule has 1 aliphatic carbocycles. The molecule has 0 spiro atoms. The van der Waals surface area contributed by atoms with Crippen LogP contribution in [0.3, 0.4) is 0 Å². The second kappa shape index (κ2) is 11.7. The summed E-state index contributed by atoms with van der Waals surface area (Å²) < 4.78 is 14.6. The van der Waals surface area contributed by atoms with Crippen molar-refractivity contribution in [2.75, 3.05) is 25.5 Å². The van der Waals surface area contributed by atoms with Gasteiger partial charge in [-0.05, 0) is 68.8 Å². The lowest BCUT2D eigenvalue weighted by atomic mass is 9.97. The first-order valence-electron chi connectivity index (χ1n) is 14.3. The van der Waals surface area contributed by atoms with Crippen LogP contribution in [0.25, 0.3) is 22.2 Å². The second-order valence-corrected chi connectivity index (χ2v) is 10.9. The molecule has 216 valence electrons. The third kappa shape index (κ3) is 5.47. The number of nitrogens with one attached hydrogen (secondary N) is 4. The SMILES string of the molecule is CCN(C)CCC(C)C(=O)Nc1cncc(C2=CNC3NN=C(c4nc5c(C6=C(F)C=CCC6)cncc5[nH]4)C3=C2)c1. The van der Waals surface area contributed by atoms with Crippen LogP contribution in [-0.4, -0.2) is 62.8 Å². The number of pyridine rings is 2. The Morgan fingerprint density at radius 2 is 2.10 bits per heavy atom. The van der Waals surface area contributed by atoms with E-state index in [0.29, 0.717) is 45.8 Å². The summed E-state index contributed by atoms with van der Waals surface area (Å²) in [4.78, 5) is 31.9. The number of dihydropyridines is 1. The first-order valence-corrected chi connectivity index (χ1v) is 14.3. The van der Waals surface area contributed by atoms with E-state index in [2.05, 4.69) is 55.0 Å². The van der Waals surface area contributed by atoms with Gasteiger partial charge in [0.25, 0.3) is 0 Å². The number of rotatable bonds is 9. The van der Waals surface area contributed by atoms with Gasteiger partial charge in [-0.2, -0.15) is 5.10 Å². The minimum Gasteiger partial charge on any atom is -0.366 e. The maximum absolute atomic E-state index is 14.6. The molecule has 3 aliphatic rings. The van der Waals surface area contributed by atoms with Crippen molar-refractivity contribution in [2.45, 2.75) is 39.3 Å². The topological polar surface area (TPSA) is 123 Å². The van der Waals surface area contributed by atoms with E-state index in [-0.39, 0.29) is 23.8 Å². The smallest absolute Gasteiger partial charge is 0.227 e. The van der Waals surface area contributed by atoms with Crippen LogP contribution in [0, 0.1) is 5.92 Å². The lowest BCUT2D eigenvalue weighted by Crippen LogP contribution is -2.37. The Morgan fingerprint density at radius 3 is 2.93 bits per heavy atom. The molecule has 10 nitrogen and oxygen atoms in total. The van der Waals surface area contributed by atoms with Gasteiger partial charge in [0.2, 0.25) is 5.91 Å². The molecule has 0 saturated heterocycles. The fourth-order valence-electron chi connectivity index (χ4n) is 5.22. The highest BCUT2D eigenvalue weighted by molar-refractivity contribution is 6.15. The molecule has 6 rings (SSSR count). The van der Waals surface area contributed by atoms with Crippen LogP contribution in [0.1, 0.15) is 50.1 Å². The number of allylic oxidation sites excluding steroid dienone is 6. The first kappa shape index (κ1) is 27.5. The number of hydrogen-bond acceptors (Lipinski definition) is 8. The zero-order valence-corrected chi connectivity index (χ0v) is 23.9. The third-order valence-corrected chi connectivity index (χ3v) is 7.93. The van der Waals surface area contributed by atoms with E-state index in [4.69, 9.17) is 4.98 Å². The average Bonchev–Trinajstić information content (AvgIpc) is 3.64. The van der Waals surface area contributed by atoms with E-state index in [9.17, 15) is 9.18 Å². The lowest BCUT2D eigenvalue weighted by molar-refractivity contribution is -0.119. The van der Waals surface area contributed by atoms with Crippen LogP contribution in [0.5, 0.6) is 0 Å². The summed E-state index contributed by atoms with van der Waals surface area (Å²) in [5.41, 5.74) is 9.73. The minimum absolute atomic E-state index is 0.0272. The van der Waals surface area contributed by atoms with Crippen molar-refractivity contribution < 1.29 is 9.18 Å². The molecule has 2 aliphatic heterocycles. The molecule has 1 amide bonds. The van der Waals surface area contributed by atoms with Crippen molar-refractivity contribution in [1.29, 1.82) is 0 Å². The molecule has 3 aromatic heterocycles. The number of aromatic nitrogens is 4. The van der Waals surface area contributed by atoms with E-state index in [1.807, 2.05) is 31.3 Å². The van der Waals surface area contributed by atoms with Gasteiger partial charge in [0.1, 0.15) is 17.7 Å². The van der Waals surface area contributed by atoms with Crippen LogP contribution in [0.15, 0.2) is 71.8 Å². The number of halogens is 1. The number of H-pyrrole nitrogens is 1. The standard InChI is InChI=1S/C31H34FN9O/c1-4-41(3)10-9-18(2)31(42)36-21-11-19(13-33-15-21)20-12-23-28(39-40-29(23)35-14-20)30-37-26-17-34-16-24(27(26)38-30)22-7-5-6-8-25(22)32/h6,8,11-18,29,35,40H,4-5,7,9-10H2,1-3H3,(H,36,42)(H,37,38). The van der Waals surface area contributed by atoms with Crippen LogP contribution in [0.4, 0.5) is 10.1 Å². The Hall–Kier alpha value is -4.64. The number of imidazole rings is 1. The van der Waals surface area contributed by atoms with Crippen molar-refractivity contribution >= 4 is 39.5 Å². The number of hydrazone groups is 1. The predicted octanol–water partition coefficient (Wildman–Crippen LogP) is 4.50. The highest BCUT2D eigenvalue weighted by Crippen LogP contribution is 2.33. The van der Waals surface area contributed by atoms with Crippen molar-refractivity contribution in [3.63, 3.8) is 0 Å². The van der Waals surface area contributed by atoms with Gasteiger partial charge >= 0.3 is 0 Å². The monoisotopic (exact) mass is 567 g/mol. The van der Waals surface area contributed by atoms with Gasteiger partial charge in [0.05, 0.1) is 29.1 Å². The van der Waals surface area contributed by atoms with Gasteiger partial charge in [-0.15, -0.1) is 0 Å². The van der Waals surface area contributed by atoms with E-state index in [1.54, 1.807) is 24.8 Å². The molecule has 0 aromatic carbocycles. The number of aromatic amines is 1. The fourth-order valence-corrected chi connectivity index (χ4v) is 5.22. The van der Waals surface area contributed by atoms with Crippen molar-refractivity contribution in [3.05, 3.63) is 83.6 Å². The maximum Gasteiger partial charge on any atom is 0.227 e. The largest absolute Gasteiger partial charge is 0.366 e. The van der Waals surface area contributed by atoms with Gasteiger partial charge in [-0.1, -0.05) is 19.9 Å². The number of carbonyl (C=O) groups excluding carboxylic acids is 1. The minimum atomic E-state index is -0.250. The molecule has 0 radical (unpaired) electrons. The fraction of sp³-hybridized carbons (Fsp3) is 0.323. The van der Waals surface area contributed by atoms with Crippen molar-refractivity contribution in [2.24, 2.45) is 11.0 Å². The van der Waals surface area contributed by atoms with E-state index < -0.39 is 0 Å². The van der Waals surface area contributed by atoms with E-state index >= 15 is 0 Å². The molecular formula is C31H34FN9O. The molecule has 0 saturated carbocycles. The Kier molecular flexibility index (Phi) is 7.66. The van der Waals surface area contributed by atoms with E-state index in [0.717, 1.165) is 42.6 Å². The summed E-state index contributed by atoms with van der Waals surface area (Å²) in [6.07, 6.45) is 16.0. The number of fused-ring (bicyclic) bond motifs is 2. The lowest BCUT2D eigenvalue weighted by Gasteiger charge is -2.20. The van der Waals surface area contributed by atoms with Crippen LogP contribution < -0.4 is 16.1 Å². The third-order valence-electron chi connectivity index (χ3n) is 7.93. The Balaban J connectivity index is 1.23. The summed E-state index contributed by atoms with van der Waals surface area (Å²) >= 11 is 0. The molecule has 42 heavy (non-hydrogen) atoms. The molecule has 11 heteroatoms. The number of nitrogens with zero attached hydrogens (tertiary/aromatic N) is 5. The Bertz CT molecular complexity index is 1680. The molecule has 4 N–H and O–H groups in total. The molecule has 0 fully saturated rings. The number of anilines is 1. The van der Waals surface area contributed by atoms with E-state index in [1.165, 1.54) is 6.08 Å². The Morgan fingerprint density at radius 1 is 1.24 bits per heavy atom. The van der Waals surface area contributed by atoms with Gasteiger partial charge in [0, 0.05) is 41.2 Å². The number of hydrogen-bond donors (Lipinski definition) is 4. The van der Waals surface area contributed by atoms with Gasteiger partial charge in [-0.25, -0.2) is 9.37 Å². The summed E-state index contributed by atoms with van der Waals surface area (Å²) in [7, 11) is 2.05. The van der Waals surface area contributed by atoms with Crippen LogP contribution >= 0.6 is 0 Å². The van der Waals surface area contributed by atoms with Crippen molar-refractivity contribution in [1.82, 2.24) is 35.6 Å². The molecular weight excluding hydrogens is 533 g/mol. The Labute approximate surface area is 243 Å². The molecule has 2 atom stereocenters. The average molecular weight is 568 g/mol. The first-order chi connectivity index (χ1) is 20.4. The van der Waals surface area contributed by atoms with Gasteiger partial charge in [-0.3, -0.25) is 20.2 Å². The highest BCUT2D eigenvalue weighted by Gasteiger charge is 2.31. The molecule has 5 heterocycles. The predicted molar refractivity (Wildman–Crippen MR) is 163 cm³/mol. The maximum atomic E-state index is 14.6. The van der Waals surface area contributed by atoms with Crippen LogP contribution in [-0.2, 0) is 4.79 Å². The summed E-state index contributed by atoms with van der Waals surface area (Å²) in [6.45, 7) is 5.86. The zero-order valence-electron chi connectivity index (χ0n) is 23.9. The molecule has 3 aromatic rings. The summed E-state index contributed by atoms with van der Waals surface area (Å²) in [5, 5.41) is 10.9. The summed E-state index contributed by atoms with van der Waals surface area (Å²) in [6, 6.07) is 1.92. The molecule has 2 unspecified atom stereocenters. The molecule has 0 bridgehead atoms. The number of carbonyl (C=O) groups is 1. The number of amides is 1. The zero-order chi connectivity index (χ0) is 29.2. The van der Waals surface area contributed by atoms with Gasteiger partial charge in [0.15, 0.2) is 5.82 Å².